The summed E-state index contributed by atoms with van der Waals surface area (Å²) in [5, 5.41) is 7.30. The minimum atomic E-state index is 0.122. The number of aromatic nitrogens is 3. The van der Waals surface area contributed by atoms with Gasteiger partial charge in [0.25, 0.3) is 0 Å². The highest BCUT2D eigenvalue weighted by Gasteiger charge is 2.35. The summed E-state index contributed by atoms with van der Waals surface area (Å²) >= 11 is 1.71. The van der Waals surface area contributed by atoms with Crippen LogP contribution in [0.4, 0.5) is 0 Å². The molecule has 1 amide bonds. The van der Waals surface area contributed by atoms with Crippen molar-refractivity contribution < 1.29 is 4.79 Å². The summed E-state index contributed by atoms with van der Waals surface area (Å²) in [6.45, 7) is 4.19. The highest BCUT2D eigenvalue weighted by Crippen LogP contribution is 2.36. The standard InChI is InChI=1S/C14H18N4OS/c1-14(13-15-6-10-20-13)3-8-17(9-4-14)12(19)11-18-7-2-5-16-18/h2,5-7,10H,3-4,8-9,11H2,1H3. The fraction of sp³-hybridized carbons (Fsp3) is 0.500. The summed E-state index contributed by atoms with van der Waals surface area (Å²) in [7, 11) is 0. The number of hydrogen-bond donors (Lipinski definition) is 0. The van der Waals surface area contributed by atoms with Crippen molar-refractivity contribution in [3.05, 3.63) is 35.0 Å². The van der Waals surface area contributed by atoms with E-state index in [2.05, 4.69) is 17.0 Å². The van der Waals surface area contributed by atoms with E-state index in [0.29, 0.717) is 6.54 Å². The molecule has 3 rings (SSSR count). The van der Waals surface area contributed by atoms with Gasteiger partial charge in [-0.15, -0.1) is 11.3 Å². The first-order valence-electron chi connectivity index (χ1n) is 6.83. The van der Waals surface area contributed by atoms with Gasteiger partial charge in [0.15, 0.2) is 0 Å². The molecule has 1 fully saturated rings. The average molecular weight is 290 g/mol. The molecule has 20 heavy (non-hydrogen) atoms. The second-order valence-corrected chi connectivity index (χ2v) is 6.38. The Morgan fingerprint density at radius 3 is 2.80 bits per heavy atom. The molecule has 0 unspecified atom stereocenters. The largest absolute Gasteiger partial charge is 0.341 e. The molecule has 0 spiro atoms. The van der Waals surface area contributed by atoms with Crippen molar-refractivity contribution in [2.45, 2.75) is 31.7 Å². The third kappa shape index (κ3) is 2.60. The van der Waals surface area contributed by atoms with E-state index in [1.165, 1.54) is 5.01 Å². The van der Waals surface area contributed by atoms with E-state index >= 15 is 0 Å². The Hall–Kier alpha value is -1.69. The zero-order chi connectivity index (χ0) is 14.0. The maximum atomic E-state index is 12.2. The summed E-state index contributed by atoms with van der Waals surface area (Å²) in [5.74, 6) is 0.148. The van der Waals surface area contributed by atoms with Crippen molar-refractivity contribution in [2.75, 3.05) is 13.1 Å². The van der Waals surface area contributed by atoms with E-state index in [9.17, 15) is 4.79 Å². The molecule has 2 aromatic heterocycles. The summed E-state index contributed by atoms with van der Waals surface area (Å²) in [6, 6.07) is 1.84. The van der Waals surface area contributed by atoms with Gasteiger partial charge in [0.2, 0.25) is 5.91 Å². The minimum absolute atomic E-state index is 0.122. The van der Waals surface area contributed by atoms with Crippen LogP contribution in [0, 0.1) is 0 Å². The first-order chi connectivity index (χ1) is 9.67. The molecular formula is C14H18N4OS. The Bertz CT molecular complexity index is 556. The molecule has 3 heterocycles. The monoisotopic (exact) mass is 290 g/mol. The van der Waals surface area contributed by atoms with Crippen LogP contribution >= 0.6 is 11.3 Å². The van der Waals surface area contributed by atoms with Crippen LogP contribution in [0.3, 0.4) is 0 Å². The number of rotatable bonds is 3. The number of likely N-dealkylation sites (tertiary alicyclic amines) is 1. The SMILES string of the molecule is CC1(c2nccs2)CCN(C(=O)Cn2cccn2)CC1. The maximum Gasteiger partial charge on any atom is 0.244 e. The van der Waals surface area contributed by atoms with Gasteiger partial charge in [0.05, 0.1) is 5.01 Å². The zero-order valence-corrected chi connectivity index (χ0v) is 12.3. The minimum Gasteiger partial charge on any atom is -0.341 e. The fourth-order valence-electron chi connectivity index (χ4n) is 2.62. The molecule has 0 N–H and O–H groups in total. The molecule has 0 atom stereocenters. The first-order valence-corrected chi connectivity index (χ1v) is 7.70. The molecular weight excluding hydrogens is 272 g/mol. The third-order valence-corrected chi connectivity index (χ3v) is 5.10. The van der Waals surface area contributed by atoms with Crippen LogP contribution in [0.1, 0.15) is 24.8 Å². The smallest absolute Gasteiger partial charge is 0.244 e. The number of carbonyl (C=O) groups is 1. The van der Waals surface area contributed by atoms with Gasteiger partial charge in [-0.05, 0) is 18.9 Å². The molecule has 1 aliphatic heterocycles. The Morgan fingerprint density at radius 2 is 2.20 bits per heavy atom. The van der Waals surface area contributed by atoms with E-state index < -0.39 is 0 Å². The number of piperidine rings is 1. The van der Waals surface area contributed by atoms with Gasteiger partial charge in [-0.25, -0.2) is 4.98 Å². The lowest BCUT2D eigenvalue weighted by Gasteiger charge is -2.38. The van der Waals surface area contributed by atoms with Gasteiger partial charge in [0.1, 0.15) is 6.54 Å². The van der Waals surface area contributed by atoms with E-state index in [-0.39, 0.29) is 11.3 Å². The lowest BCUT2D eigenvalue weighted by atomic mass is 9.81. The Kier molecular flexibility index (Phi) is 3.56. The molecule has 1 aliphatic rings. The lowest BCUT2D eigenvalue weighted by Crippen LogP contribution is -2.45. The van der Waals surface area contributed by atoms with Gasteiger partial charge >= 0.3 is 0 Å². The number of nitrogens with zero attached hydrogens (tertiary/aromatic N) is 4. The van der Waals surface area contributed by atoms with Crippen LogP contribution in [-0.2, 0) is 16.8 Å². The van der Waals surface area contributed by atoms with Gasteiger partial charge in [-0.1, -0.05) is 6.92 Å². The van der Waals surface area contributed by atoms with Crippen molar-refractivity contribution in [2.24, 2.45) is 0 Å². The molecule has 0 radical (unpaired) electrons. The summed E-state index contributed by atoms with van der Waals surface area (Å²) in [6.07, 6.45) is 7.34. The molecule has 0 aromatic carbocycles. The lowest BCUT2D eigenvalue weighted by molar-refractivity contribution is -0.133. The van der Waals surface area contributed by atoms with Gasteiger partial charge in [-0.3, -0.25) is 9.48 Å². The van der Waals surface area contributed by atoms with Crippen LogP contribution in [0.2, 0.25) is 0 Å². The normalized spacial score (nSPS) is 18.1. The molecule has 1 saturated heterocycles. The van der Waals surface area contributed by atoms with Crippen molar-refractivity contribution in [1.82, 2.24) is 19.7 Å². The van der Waals surface area contributed by atoms with Crippen LogP contribution in [0.5, 0.6) is 0 Å². The van der Waals surface area contributed by atoms with E-state index in [4.69, 9.17) is 0 Å². The molecule has 2 aromatic rings. The number of amides is 1. The fourth-order valence-corrected chi connectivity index (χ4v) is 3.48. The van der Waals surface area contributed by atoms with Crippen LogP contribution in [0.15, 0.2) is 30.0 Å². The van der Waals surface area contributed by atoms with Crippen LogP contribution < -0.4 is 0 Å². The Balaban J connectivity index is 1.60. The second-order valence-electron chi connectivity index (χ2n) is 5.48. The predicted molar refractivity (Wildman–Crippen MR) is 77.5 cm³/mol. The van der Waals surface area contributed by atoms with Crippen molar-refractivity contribution >= 4 is 17.2 Å². The molecule has 5 nitrogen and oxygen atoms in total. The number of hydrogen-bond acceptors (Lipinski definition) is 4. The van der Waals surface area contributed by atoms with Crippen molar-refractivity contribution in [3.8, 4) is 0 Å². The Morgan fingerprint density at radius 1 is 1.40 bits per heavy atom. The molecule has 6 heteroatoms. The quantitative estimate of drug-likeness (QED) is 0.868. The van der Waals surface area contributed by atoms with Crippen LogP contribution in [-0.4, -0.2) is 38.7 Å². The van der Waals surface area contributed by atoms with Crippen molar-refractivity contribution in [1.29, 1.82) is 0 Å². The first kappa shape index (κ1) is 13.3. The third-order valence-electron chi connectivity index (χ3n) is 4.02. The molecule has 0 bridgehead atoms. The predicted octanol–water partition coefficient (Wildman–Crippen LogP) is 1.92. The number of thiazole rings is 1. The van der Waals surface area contributed by atoms with E-state index in [0.717, 1.165) is 25.9 Å². The topological polar surface area (TPSA) is 51.0 Å². The zero-order valence-electron chi connectivity index (χ0n) is 11.5. The Labute approximate surface area is 122 Å². The summed E-state index contributed by atoms with van der Waals surface area (Å²) in [5.41, 5.74) is 0.122. The van der Waals surface area contributed by atoms with Gasteiger partial charge < -0.3 is 4.90 Å². The highest BCUT2D eigenvalue weighted by molar-refractivity contribution is 7.09. The second kappa shape index (κ2) is 5.36. The van der Waals surface area contributed by atoms with E-state index in [1.807, 2.05) is 28.7 Å². The summed E-state index contributed by atoms with van der Waals surface area (Å²) in [4.78, 5) is 18.6. The maximum absolute atomic E-state index is 12.2. The van der Waals surface area contributed by atoms with Gasteiger partial charge in [0, 0.05) is 42.5 Å². The van der Waals surface area contributed by atoms with Crippen LogP contribution in [0.25, 0.3) is 0 Å². The average Bonchev–Trinajstić information content (AvgIpc) is 3.12. The molecule has 0 aliphatic carbocycles. The van der Waals surface area contributed by atoms with Crippen molar-refractivity contribution in [3.63, 3.8) is 0 Å². The van der Waals surface area contributed by atoms with Gasteiger partial charge in [-0.2, -0.15) is 5.10 Å². The number of carbonyl (C=O) groups excluding carboxylic acids is 1. The highest BCUT2D eigenvalue weighted by atomic mass is 32.1. The molecule has 106 valence electrons. The van der Waals surface area contributed by atoms with E-state index in [1.54, 1.807) is 22.2 Å². The molecule has 0 saturated carbocycles. The summed E-state index contributed by atoms with van der Waals surface area (Å²) < 4.78 is 1.68.